The molecule has 9 heteroatoms. The summed E-state index contributed by atoms with van der Waals surface area (Å²) in [6, 6.07) is 4.12. The fraction of sp³-hybridized carbons (Fsp3) is 0.571. The second kappa shape index (κ2) is 10.7. The van der Waals surface area contributed by atoms with E-state index in [1.54, 1.807) is 9.80 Å². The van der Waals surface area contributed by atoms with Crippen LogP contribution < -0.4 is 10.6 Å². The van der Waals surface area contributed by atoms with Crippen molar-refractivity contribution in [1.29, 1.82) is 0 Å². The number of hydrogen-bond donors (Lipinski definition) is 2. The Morgan fingerprint density at radius 1 is 1.03 bits per heavy atom. The highest BCUT2D eigenvalue weighted by molar-refractivity contribution is 9.10. The number of piperazine rings is 1. The van der Waals surface area contributed by atoms with E-state index in [0.29, 0.717) is 30.7 Å². The molecule has 30 heavy (non-hydrogen) atoms. The topological polar surface area (TPSA) is 81.8 Å². The van der Waals surface area contributed by atoms with E-state index in [4.69, 9.17) is 0 Å². The summed E-state index contributed by atoms with van der Waals surface area (Å²) in [5.41, 5.74) is 0.194. The highest BCUT2D eigenvalue weighted by Crippen LogP contribution is 2.18. The van der Waals surface area contributed by atoms with Crippen LogP contribution in [0.5, 0.6) is 0 Å². The Morgan fingerprint density at radius 3 is 2.40 bits per heavy atom. The Morgan fingerprint density at radius 2 is 1.70 bits per heavy atom. The lowest BCUT2D eigenvalue weighted by Crippen LogP contribution is -2.54. The first-order valence-electron chi connectivity index (χ1n) is 10.5. The number of carbonyl (C=O) groups is 3. The van der Waals surface area contributed by atoms with Crippen LogP contribution in [0.3, 0.4) is 0 Å². The van der Waals surface area contributed by atoms with E-state index in [1.807, 2.05) is 0 Å². The minimum atomic E-state index is -0.496. The van der Waals surface area contributed by atoms with Gasteiger partial charge in [0.25, 0.3) is 5.91 Å². The van der Waals surface area contributed by atoms with E-state index in [9.17, 15) is 18.8 Å². The molecular weight excluding hydrogens is 455 g/mol. The number of amides is 4. The van der Waals surface area contributed by atoms with Crippen molar-refractivity contribution in [2.45, 2.75) is 44.6 Å². The first kappa shape index (κ1) is 22.5. The van der Waals surface area contributed by atoms with Crippen LogP contribution >= 0.6 is 15.9 Å². The second-order valence-electron chi connectivity index (χ2n) is 7.78. The molecule has 2 N–H and O–H groups in total. The molecule has 7 nitrogen and oxygen atoms in total. The maximum Gasteiger partial charge on any atom is 0.317 e. The third-order valence-corrected chi connectivity index (χ3v) is 6.34. The first-order chi connectivity index (χ1) is 14.4. The number of benzene rings is 1. The summed E-state index contributed by atoms with van der Waals surface area (Å²) >= 11 is 3.22. The third-order valence-electron chi connectivity index (χ3n) is 5.65. The van der Waals surface area contributed by atoms with Crippen molar-refractivity contribution < 1.29 is 18.8 Å². The van der Waals surface area contributed by atoms with Crippen LogP contribution in [0.1, 0.15) is 48.9 Å². The van der Waals surface area contributed by atoms with E-state index >= 15 is 0 Å². The minimum absolute atomic E-state index is 0.0399. The van der Waals surface area contributed by atoms with Crippen LogP contribution in [-0.4, -0.2) is 66.4 Å². The molecule has 4 amide bonds. The van der Waals surface area contributed by atoms with Gasteiger partial charge in [0, 0.05) is 49.7 Å². The zero-order valence-electron chi connectivity index (χ0n) is 17.0. The molecule has 0 spiro atoms. The Labute approximate surface area is 184 Å². The monoisotopic (exact) mass is 482 g/mol. The molecule has 2 fully saturated rings. The maximum atomic E-state index is 13.3. The van der Waals surface area contributed by atoms with Gasteiger partial charge in [-0.15, -0.1) is 0 Å². The second-order valence-corrected chi connectivity index (χ2v) is 8.64. The van der Waals surface area contributed by atoms with E-state index in [0.717, 1.165) is 18.9 Å². The van der Waals surface area contributed by atoms with Gasteiger partial charge in [0.2, 0.25) is 5.91 Å². The summed E-state index contributed by atoms with van der Waals surface area (Å²) in [5.74, 6) is -0.996. The zero-order valence-corrected chi connectivity index (χ0v) is 18.5. The van der Waals surface area contributed by atoms with Gasteiger partial charge in [0.1, 0.15) is 5.82 Å². The molecule has 164 valence electrons. The van der Waals surface area contributed by atoms with Crippen molar-refractivity contribution in [3.63, 3.8) is 0 Å². The predicted molar refractivity (Wildman–Crippen MR) is 115 cm³/mol. The smallest absolute Gasteiger partial charge is 0.317 e. The van der Waals surface area contributed by atoms with Crippen LogP contribution in [0.15, 0.2) is 22.7 Å². The third kappa shape index (κ3) is 6.17. The number of urea groups is 1. The standard InChI is InChI=1S/C21H28BrFN4O3/c22-18-7-6-15(23)14-17(18)20(29)24-9-8-19(28)26-10-12-27(13-11-26)21(30)25-16-4-2-1-3-5-16/h6-7,14,16H,1-5,8-13H2,(H,24,29)(H,25,30). The molecule has 0 unspecified atom stereocenters. The van der Waals surface area contributed by atoms with Crippen molar-refractivity contribution in [1.82, 2.24) is 20.4 Å². The number of halogens is 2. The van der Waals surface area contributed by atoms with Gasteiger partial charge in [-0.2, -0.15) is 0 Å². The zero-order chi connectivity index (χ0) is 21.5. The summed E-state index contributed by atoms with van der Waals surface area (Å²) < 4.78 is 13.8. The normalized spacial score (nSPS) is 17.5. The lowest BCUT2D eigenvalue weighted by Gasteiger charge is -2.36. The molecule has 1 aromatic carbocycles. The average Bonchev–Trinajstić information content (AvgIpc) is 2.76. The predicted octanol–water partition coefficient (Wildman–Crippen LogP) is 2.89. The van der Waals surface area contributed by atoms with Crippen molar-refractivity contribution >= 4 is 33.8 Å². The molecule has 1 heterocycles. The van der Waals surface area contributed by atoms with Gasteiger partial charge in [0.15, 0.2) is 0 Å². The molecule has 2 aliphatic rings. The van der Waals surface area contributed by atoms with Gasteiger partial charge in [-0.3, -0.25) is 9.59 Å². The Hall–Kier alpha value is -2.16. The van der Waals surface area contributed by atoms with Crippen LogP contribution in [-0.2, 0) is 4.79 Å². The van der Waals surface area contributed by atoms with Gasteiger partial charge in [0.05, 0.1) is 5.56 Å². The van der Waals surface area contributed by atoms with Gasteiger partial charge in [-0.1, -0.05) is 19.3 Å². The van der Waals surface area contributed by atoms with Crippen LogP contribution in [0.25, 0.3) is 0 Å². The molecular formula is C21H28BrFN4O3. The number of carbonyl (C=O) groups excluding carboxylic acids is 3. The van der Waals surface area contributed by atoms with E-state index in [2.05, 4.69) is 26.6 Å². The molecule has 1 aliphatic heterocycles. The van der Waals surface area contributed by atoms with E-state index < -0.39 is 11.7 Å². The van der Waals surface area contributed by atoms with Crippen molar-refractivity contribution in [2.24, 2.45) is 0 Å². The Kier molecular flexibility index (Phi) is 8.07. The molecule has 0 radical (unpaired) electrons. The number of nitrogens with zero attached hydrogens (tertiary/aromatic N) is 2. The number of nitrogens with one attached hydrogen (secondary N) is 2. The fourth-order valence-corrected chi connectivity index (χ4v) is 4.31. The van der Waals surface area contributed by atoms with E-state index in [-0.39, 0.29) is 36.5 Å². The lowest BCUT2D eigenvalue weighted by atomic mass is 9.96. The van der Waals surface area contributed by atoms with Gasteiger partial charge < -0.3 is 20.4 Å². The molecule has 1 aliphatic carbocycles. The number of rotatable bonds is 5. The maximum absolute atomic E-state index is 13.3. The summed E-state index contributed by atoms with van der Waals surface area (Å²) in [5, 5.41) is 5.76. The molecule has 0 aromatic heterocycles. The van der Waals surface area contributed by atoms with Crippen LogP contribution in [0.4, 0.5) is 9.18 Å². The summed E-state index contributed by atoms with van der Waals surface area (Å²) in [6.07, 6.45) is 5.82. The van der Waals surface area contributed by atoms with Crippen molar-refractivity contribution in [3.05, 3.63) is 34.1 Å². The minimum Gasteiger partial charge on any atom is -0.351 e. The molecule has 1 saturated carbocycles. The first-order valence-corrected chi connectivity index (χ1v) is 11.3. The SMILES string of the molecule is O=C(NCCC(=O)N1CCN(C(=O)NC2CCCCC2)CC1)c1cc(F)ccc1Br. The van der Waals surface area contributed by atoms with Gasteiger partial charge in [-0.05, 0) is 47.0 Å². The fourth-order valence-electron chi connectivity index (χ4n) is 3.88. The molecule has 0 bridgehead atoms. The lowest BCUT2D eigenvalue weighted by molar-refractivity contribution is -0.132. The average molecular weight is 483 g/mol. The highest BCUT2D eigenvalue weighted by atomic mass is 79.9. The van der Waals surface area contributed by atoms with Gasteiger partial charge in [-0.25, -0.2) is 9.18 Å². The highest BCUT2D eigenvalue weighted by Gasteiger charge is 2.25. The largest absolute Gasteiger partial charge is 0.351 e. The summed E-state index contributed by atoms with van der Waals surface area (Å²) in [6.45, 7) is 2.16. The summed E-state index contributed by atoms with van der Waals surface area (Å²) in [7, 11) is 0. The molecule has 3 rings (SSSR count). The quantitative estimate of drug-likeness (QED) is 0.676. The van der Waals surface area contributed by atoms with Crippen LogP contribution in [0, 0.1) is 5.82 Å². The Balaban J connectivity index is 1.37. The molecule has 1 saturated heterocycles. The van der Waals surface area contributed by atoms with Gasteiger partial charge >= 0.3 is 6.03 Å². The molecule has 0 atom stereocenters. The van der Waals surface area contributed by atoms with E-state index in [1.165, 1.54) is 31.4 Å². The number of hydrogen-bond acceptors (Lipinski definition) is 3. The van der Waals surface area contributed by atoms with Crippen LogP contribution in [0.2, 0.25) is 0 Å². The summed E-state index contributed by atoms with van der Waals surface area (Å²) in [4.78, 5) is 40.5. The van der Waals surface area contributed by atoms with Crippen molar-refractivity contribution in [3.8, 4) is 0 Å². The molecule has 1 aromatic rings. The van der Waals surface area contributed by atoms with Crippen molar-refractivity contribution in [2.75, 3.05) is 32.7 Å². The Bertz CT molecular complexity index is 778.